The minimum Gasteiger partial charge on any atom is -0.373 e. The summed E-state index contributed by atoms with van der Waals surface area (Å²) in [5.74, 6) is 1.59. The number of hydrogen-bond acceptors (Lipinski definition) is 10. The molecule has 5 rings (SSSR count). The molecule has 2 aliphatic rings. The number of aromatic nitrogens is 3. The van der Waals surface area contributed by atoms with Gasteiger partial charge in [-0.1, -0.05) is 17.4 Å². The molecule has 3 unspecified atom stereocenters. The highest BCUT2D eigenvalue weighted by Crippen LogP contribution is 2.28. The first-order valence-electron chi connectivity index (χ1n) is 13.5. The van der Waals surface area contributed by atoms with E-state index in [2.05, 4.69) is 51.5 Å². The largest absolute Gasteiger partial charge is 0.373 e. The Labute approximate surface area is 234 Å². The number of ether oxygens (including phenoxy) is 1. The van der Waals surface area contributed by atoms with Crippen molar-refractivity contribution in [1.82, 2.24) is 29.7 Å². The smallest absolute Gasteiger partial charge is 0.246 e. The van der Waals surface area contributed by atoms with E-state index in [0.717, 1.165) is 71.8 Å². The molecule has 0 aliphatic carbocycles. The van der Waals surface area contributed by atoms with Crippen LogP contribution in [0, 0.1) is 0 Å². The van der Waals surface area contributed by atoms with Crippen molar-refractivity contribution in [2.75, 3.05) is 57.5 Å². The van der Waals surface area contributed by atoms with Crippen LogP contribution in [0.1, 0.15) is 25.8 Å². The van der Waals surface area contributed by atoms with E-state index in [1.165, 1.54) is 11.3 Å². The summed E-state index contributed by atoms with van der Waals surface area (Å²) in [6.07, 6.45) is 6.66. The van der Waals surface area contributed by atoms with Crippen LogP contribution < -0.4 is 10.6 Å². The number of rotatable bonds is 9. The predicted molar refractivity (Wildman–Crippen MR) is 157 cm³/mol. The second-order valence-corrected chi connectivity index (χ2v) is 11.7. The molecule has 2 saturated heterocycles. The molecule has 10 nitrogen and oxygen atoms in total. The van der Waals surface area contributed by atoms with Crippen LogP contribution in [0.4, 0.5) is 16.8 Å². The molecule has 3 aromatic heterocycles. The molecule has 0 aromatic carbocycles. The standard InChI is InChI=1S/C28H38N8O2S/c1-19-15-35(16-20(2)38-19)17-21-13-24(30-22-9-12-36(18-22)26(37)8-6-11-34(3)4)32-25(14-21)33-28-31-23-7-5-10-29-27(23)39-28/h5-8,10,13-14,19-20,22H,9,11-12,15-18H2,1-4H3,(H2,30,31,32,33). The van der Waals surface area contributed by atoms with Crippen molar-refractivity contribution >= 4 is 44.4 Å². The predicted octanol–water partition coefficient (Wildman–Crippen LogP) is 3.57. The van der Waals surface area contributed by atoms with Crippen LogP contribution in [0.3, 0.4) is 0 Å². The molecule has 3 aromatic rings. The molecule has 11 heteroatoms. The van der Waals surface area contributed by atoms with Gasteiger partial charge in [-0.05, 0) is 64.2 Å². The van der Waals surface area contributed by atoms with E-state index in [0.29, 0.717) is 6.54 Å². The van der Waals surface area contributed by atoms with Gasteiger partial charge >= 0.3 is 0 Å². The third-order valence-electron chi connectivity index (χ3n) is 6.77. The normalized spacial score (nSPS) is 22.3. The van der Waals surface area contributed by atoms with E-state index < -0.39 is 0 Å². The van der Waals surface area contributed by atoms with Crippen molar-refractivity contribution in [1.29, 1.82) is 0 Å². The first-order chi connectivity index (χ1) is 18.8. The maximum absolute atomic E-state index is 12.6. The number of nitrogens with zero attached hydrogens (tertiary/aromatic N) is 6. The van der Waals surface area contributed by atoms with Crippen LogP contribution in [0.25, 0.3) is 10.3 Å². The molecule has 39 heavy (non-hydrogen) atoms. The quantitative estimate of drug-likeness (QED) is 0.388. The molecule has 2 N–H and O–H groups in total. The van der Waals surface area contributed by atoms with E-state index in [4.69, 9.17) is 9.72 Å². The number of morpholine rings is 1. The highest BCUT2D eigenvalue weighted by Gasteiger charge is 2.26. The average Bonchev–Trinajstić information content (AvgIpc) is 3.49. The molecule has 0 saturated carbocycles. The van der Waals surface area contributed by atoms with Crippen LogP contribution in [0.2, 0.25) is 0 Å². The van der Waals surface area contributed by atoms with E-state index >= 15 is 0 Å². The first-order valence-corrected chi connectivity index (χ1v) is 14.4. The number of nitrogens with one attached hydrogen (secondary N) is 2. The maximum atomic E-state index is 12.6. The molecule has 208 valence electrons. The zero-order valence-electron chi connectivity index (χ0n) is 23.1. The number of pyridine rings is 2. The van der Waals surface area contributed by atoms with Gasteiger partial charge in [-0.3, -0.25) is 9.69 Å². The number of anilines is 3. The molecule has 0 spiro atoms. The number of hydrogen-bond donors (Lipinski definition) is 2. The Balaban J connectivity index is 1.31. The summed E-state index contributed by atoms with van der Waals surface area (Å²) in [5, 5.41) is 7.77. The second kappa shape index (κ2) is 12.4. The Bertz CT molecular complexity index is 1270. The van der Waals surface area contributed by atoms with E-state index in [-0.39, 0.29) is 24.2 Å². The van der Waals surface area contributed by atoms with Crippen LogP contribution >= 0.6 is 11.3 Å². The molecular weight excluding hydrogens is 512 g/mol. The zero-order chi connectivity index (χ0) is 27.4. The van der Waals surface area contributed by atoms with Gasteiger partial charge in [0, 0.05) is 57.6 Å². The monoisotopic (exact) mass is 550 g/mol. The van der Waals surface area contributed by atoms with Crippen molar-refractivity contribution in [3.8, 4) is 0 Å². The molecule has 2 fully saturated rings. The number of amides is 1. The van der Waals surface area contributed by atoms with Crippen LogP contribution in [-0.4, -0.2) is 101 Å². The number of carbonyl (C=O) groups excluding carboxylic acids is 1. The Morgan fingerprint density at radius 3 is 2.74 bits per heavy atom. The number of carbonyl (C=O) groups is 1. The number of fused-ring (bicyclic) bond motifs is 1. The topological polar surface area (TPSA) is 98.8 Å². The summed E-state index contributed by atoms with van der Waals surface area (Å²) >= 11 is 1.51. The number of likely N-dealkylation sites (N-methyl/N-ethyl adjacent to an activating group) is 1. The molecular formula is C28H38N8O2S. The summed E-state index contributed by atoms with van der Waals surface area (Å²) in [5.41, 5.74) is 2.03. The summed E-state index contributed by atoms with van der Waals surface area (Å²) in [7, 11) is 3.98. The Morgan fingerprint density at radius 1 is 1.18 bits per heavy atom. The van der Waals surface area contributed by atoms with Gasteiger partial charge in [0.15, 0.2) is 5.13 Å². The van der Waals surface area contributed by atoms with Gasteiger partial charge in [0.2, 0.25) is 5.91 Å². The fourth-order valence-corrected chi connectivity index (χ4v) is 5.99. The van der Waals surface area contributed by atoms with Gasteiger partial charge < -0.3 is 25.2 Å². The SMILES string of the molecule is CC1CN(Cc2cc(Nc3nc4cccnc4s3)nc(NC3CCN(C(=O)C=CCN(C)C)C3)c2)CC(C)O1. The molecule has 0 bridgehead atoms. The van der Waals surface area contributed by atoms with E-state index in [9.17, 15) is 4.79 Å². The molecule has 0 radical (unpaired) electrons. The van der Waals surface area contributed by atoms with Crippen LogP contribution in [-0.2, 0) is 16.1 Å². The van der Waals surface area contributed by atoms with Crippen molar-refractivity contribution in [2.45, 2.75) is 45.1 Å². The fraction of sp³-hybridized carbons (Fsp3) is 0.500. The summed E-state index contributed by atoms with van der Waals surface area (Å²) < 4.78 is 5.93. The minimum atomic E-state index is 0.0604. The van der Waals surface area contributed by atoms with Gasteiger partial charge in [0.25, 0.3) is 0 Å². The summed E-state index contributed by atoms with van der Waals surface area (Å²) in [4.78, 5) is 33.8. The number of thiazole rings is 1. The lowest BCUT2D eigenvalue weighted by molar-refractivity contribution is -0.125. The molecule has 3 atom stereocenters. The summed E-state index contributed by atoms with van der Waals surface area (Å²) in [6.45, 7) is 8.97. The third-order valence-corrected chi connectivity index (χ3v) is 7.67. The molecule has 2 aliphatic heterocycles. The minimum absolute atomic E-state index is 0.0604. The highest BCUT2D eigenvalue weighted by atomic mass is 32.1. The van der Waals surface area contributed by atoms with Crippen LogP contribution in [0.15, 0.2) is 42.6 Å². The fourth-order valence-electron chi connectivity index (χ4n) is 5.18. The van der Waals surface area contributed by atoms with Gasteiger partial charge in [-0.25, -0.2) is 15.0 Å². The third kappa shape index (κ3) is 7.51. The number of likely N-dealkylation sites (tertiary alicyclic amines) is 1. The average molecular weight is 551 g/mol. The Morgan fingerprint density at radius 2 is 1.97 bits per heavy atom. The lowest BCUT2D eigenvalue weighted by Gasteiger charge is -2.35. The first kappa shape index (κ1) is 27.4. The van der Waals surface area contributed by atoms with Gasteiger partial charge in [0.05, 0.1) is 12.2 Å². The lowest BCUT2D eigenvalue weighted by atomic mass is 10.1. The van der Waals surface area contributed by atoms with Gasteiger partial charge in [-0.2, -0.15) is 0 Å². The second-order valence-electron chi connectivity index (χ2n) is 10.7. The van der Waals surface area contributed by atoms with Crippen molar-refractivity contribution in [2.24, 2.45) is 0 Å². The maximum Gasteiger partial charge on any atom is 0.246 e. The lowest BCUT2D eigenvalue weighted by Crippen LogP contribution is -2.44. The molecule has 5 heterocycles. The van der Waals surface area contributed by atoms with Crippen molar-refractivity contribution in [3.05, 3.63) is 48.2 Å². The summed E-state index contributed by atoms with van der Waals surface area (Å²) in [6, 6.07) is 8.21. The Kier molecular flexibility index (Phi) is 8.71. The highest BCUT2D eigenvalue weighted by molar-refractivity contribution is 7.21. The van der Waals surface area contributed by atoms with Crippen molar-refractivity contribution < 1.29 is 9.53 Å². The van der Waals surface area contributed by atoms with E-state index in [1.54, 1.807) is 12.3 Å². The molecule has 1 amide bonds. The van der Waals surface area contributed by atoms with Gasteiger partial charge in [0.1, 0.15) is 22.0 Å². The Hall–Kier alpha value is -3.12. The van der Waals surface area contributed by atoms with Crippen LogP contribution in [0.5, 0.6) is 0 Å². The van der Waals surface area contributed by atoms with Crippen molar-refractivity contribution in [3.63, 3.8) is 0 Å². The van der Waals surface area contributed by atoms with Gasteiger partial charge in [-0.15, -0.1) is 0 Å². The zero-order valence-corrected chi connectivity index (χ0v) is 23.9. The van der Waals surface area contributed by atoms with E-state index in [1.807, 2.05) is 42.1 Å².